The van der Waals surface area contributed by atoms with Crippen molar-refractivity contribution in [1.82, 2.24) is 24.1 Å². The number of rotatable bonds is 3. The van der Waals surface area contributed by atoms with Crippen LogP contribution in [0, 0.1) is 0 Å². The molecule has 0 saturated heterocycles. The van der Waals surface area contributed by atoms with Crippen molar-refractivity contribution in [3.63, 3.8) is 0 Å². The molecule has 3 aromatic heterocycles. The van der Waals surface area contributed by atoms with E-state index in [0.717, 1.165) is 11.4 Å². The Morgan fingerprint density at radius 2 is 2.21 bits per heavy atom. The fraction of sp³-hybridized carbons (Fsp3) is 0.167. The van der Waals surface area contributed by atoms with Crippen LogP contribution in [0.1, 0.15) is 5.56 Å². The van der Waals surface area contributed by atoms with Crippen LogP contribution in [0.15, 0.2) is 41.7 Å². The molecule has 0 fully saturated rings. The Kier molecular flexibility index (Phi) is 2.71. The minimum Gasteiger partial charge on any atom is -0.373 e. The Morgan fingerprint density at radius 1 is 1.32 bits per heavy atom. The lowest BCUT2D eigenvalue weighted by atomic mass is 10.3. The first kappa shape index (κ1) is 11.4. The van der Waals surface area contributed by atoms with Crippen molar-refractivity contribution in [3.05, 3.63) is 53.0 Å². The monoisotopic (exact) mass is 256 g/mol. The van der Waals surface area contributed by atoms with Gasteiger partial charge >= 0.3 is 5.69 Å². The van der Waals surface area contributed by atoms with Crippen LogP contribution in [0.2, 0.25) is 0 Å². The molecular weight excluding hydrogens is 244 g/mol. The second-order valence-corrected chi connectivity index (χ2v) is 4.05. The molecule has 3 heterocycles. The molecule has 0 aliphatic heterocycles. The van der Waals surface area contributed by atoms with Crippen LogP contribution in [0.5, 0.6) is 0 Å². The van der Waals surface area contributed by atoms with Crippen LogP contribution in [0.25, 0.3) is 5.65 Å². The van der Waals surface area contributed by atoms with E-state index in [1.54, 1.807) is 24.8 Å². The number of fused-ring (bicyclic) bond motifs is 1. The summed E-state index contributed by atoms with van der Waals surface area (Å²) >= 11 is 0. The number of pyridine rings is 1. The molecule has 7 nitrogen and oxygen atoms in total. The maximum atomic E-state index is 12.1. The zero-order chi connectivity index (χ0) is 13.2. The molecule has 0 aromatic carbocycles. The Morgan fingerprint density at radius 3 is 2.89 bits per heavy atom. The van der Waals surface area contributed by atoms with Crippen LogP contribution in [-0.2, 0) is 6.54 Å². The lowest BCUT2D eigenvalue weighted by Gasteiger charge is -2.01. The molecule has 0 aliphatic carbocycles. The molecule has 19 heavy (non-hydrogen) atoms. The van der Waals surface area contributed by atoms with E-state index in [1.807, 2.05) is 19.2 Å². The third-order valence-corrected chi connectivity index (χ3v) is 2.80. The molecule has 1 N–H and O–H groups in total. The van der Waals surface area contributed by atoms with Gasteiger partial charge in [-0.3, -0.25) is 4.98 Å². The molecule has 0 amide bonds. The first-order valence-electron chi connectivity index (χ1n) is 5.80. The Bertz CT molecular complexity index is 758. The molecule has 0 unspecified atom stereocenters. The highest BCUT2D eigenvalue weighted by atomic mass is 16.2. The summed E-state index contributed by atoms with van der Waals surface area (Å²) in [7, 11) is 1.81. The topological polar surface area (TPSA) is 77.1 Å². The van der Waals surface area contributed by atoms with Crippen LogP contribution >= 0.6 is 0 Å². The lowest BCUT2D eigenvalue weighted by molar-refractivity contribution is 0.657. The molecule has 3 aromatic rings. The summed E-state index contributed by atoms with van der Waals surface area (Å²) in [5.74, 6) is 0.787. The van der Waals surface area contributed by atoms with Gasteiger partial charge in [0.25, 0.3) is 0 Å². The van der Waals surface area contributed by atoms with Gasteiger partial charge in [0.15, 0.2) is 5.65 Å². The summed E-state index contributed by atoms with van der Waals surface area (Å²) in [5.41, 5.74) is 1.26. The first-order chi connectivity index (χ1) is 9.28. The summed E-state index contributed by atoms with van der Waals surface area (Å²) in [6.07, 6.45) is 6.44. The van der Waals surface area contributed by atoms with Gasteiger partial charge in [-0.05, 0) is 11.6 Å². The highest BCUT2D eigenvalue weighted by molar-refractivity contribution is 5.35. The van der Waals surface area contributed by atoms with Crippen molar-refractivity contribution in [1.29, 1.82) is 0 Å². The minimum atomic E-state index is -0.185. The third kappa shape index (κ3) is 2.05. The van der Waals surface area contributed by atoms with E-state index < -0.39 is 0 Å². The molecule has 0 atom stereocenters. The van der Waals surface area contributed by atoms with Gasteiger partial charge < -0.3 is 5.32 Å². The first-order valence-corrected chi connectivity index (χ1v) is 5.80. The van der Waals surface area contributed by atoms with Crippen molar-refractivity contribution >= 4 is 11.5 Å². The van der Waals surface area contributed by atoms with E-state index in [2.05, 4.69) is 20.4 Å². The molecule has 96 valence electrons. The quantitative estimate of drug-likeness (QED) is 0.733. The Hall–Kier alpha value is -2.70. The van der Waals surface area contributed by atoms with Gasteiger partial charge in [-0.1, -0.05) is 6.07 Å². The van der Waals surface area contributed by atoms with Gasteiger partial charge in [-0.25, -0.2) is 18.9 Å². The predicted octanol–water partition coefficient (Wildman–Crippen LogP) is 0.376. The molecule has 7 heteroatoms. The van der Waals surface area contributed by atoms with E-state index >= 15 is 0 Å². The van der Waals surface area contributed by atoms with Gasteiger partial charge in [-0.2, -0.15) is 0 Å². The summed E-state index contributed by atoms with van der Waals surface area (Å²) < 4.78 is 2.86. The Labute approximate surface area is 108 Å². The number of nitrogens with one attached hydrogen (secondary N) is 1. The minimum absolute atomic E-state index is 0.185. The van der Waals surface area contributed by atoms with Gasteiger partial charge in [0, 0.05) is 25.6 Å². The van der Waals surface area contributed by atoms with Gasteiger partial charge in [0.2, 0.25) is 0 Å². The number of hydrogen-bond donors (Lipinski definition) is 1. The summed E-state index contributed by atoms with van der Waals surface area (Å²) in [6, 6.07) is 3.77. The fourth-order valence-electron chi connectivity index (χ4n) is 1.82. The zero-order valence-electron chi connectivity index (χ0n) is 10.3. The van der Waals surface area contributed by atoms with Crippen LogP contribution < -0.4 is 11.0 Å². The van der Waals surface area contributed by atoms with E-state index in [9.17, 15) is 4.79 Å². The second-order valence-electron chi connectivity index (χ2n) is 4.05. The van der Waals surface area contributed by atoms with Crippen molar-refractivity contribution in [2.45, 2.75) is 6.54 Å². The molecule has 0 aliphatic rings. The molecule has 0 spiro atoms. The van der Waals surface area contributed by atoms with Gasteiger partial charge in [0.1, 0.15) is 5.82 Å². The number of anilines is 1. The zero-order valence-corrected chi connectivity index (χ0v) is 10.3. The largest absolute Gasteiger partial charge is 0.373 e. The summed E-state index contributed by atoms with van der Waals surface area (Å²) in [4.78, 5) is 20.2. The number of aromatic nitrogens is 5. The van der Waals surface area contributed by atoms with Crippen LogP contribution in [-0.4, -0.2) is 31.2 Å². The average Bonchev–Trinajstić information content (AvgIpc) is 2.77. The maximum Gasteiger partial charge on any atom is 0.350 e. The van der Waals surface area contributed by atoms with Crippen molar-refractivity contribution < 1.29 is 0 Å². The predicted molar refractivity (Wildman–Crippen MR) is 70.1 cm³/mol. The third-order valence-electron chi connectivity index (χ3n) is 2.80. The fourth-order valence-corrected chi connectivity index (χ4v) is 1.82. The van der Waals surface area contributed by atoms with E-state index in [-0.39, 0.29) is 5.69 Å². The SMILES string of the molecule is CNc1ccc(Cn2nc3cnccn3c2=O)cn1. The van der Waals surface area contributed by atoms with Gasteiger partial charge in [0.05, 0.1) is 12.7 Å². The highest BCUT2D eigenvalue weighted by Gasteiger charge is 2.06. The average molecular weight is 256 g/mol. The normalized spacial score (nSPS) is 10.8. The lowest BCUT2D eigenvalue weighted by Crippen LogP contribution is -2.21. The molecule has 0 bridgehead atoms. The van der Waals surface area contributed by atoms with E-state index in [0.29, 0.717) is 12.2 Å². The van der Waals surface area contributed by atoms with Crippen molar-refractivity contribution in [2.24, 2.45) is 0 Å². The molecule has 3 rings (SSSR count). The molecular formula is C12H12N6O. The van der Waals surface area contributed by atoms with Gasteiger partial charge in [-0.15, -0.1) is 5.10 Å². The maximum absolute atomic E-state index is 12.1. The molecule has 0 radical (unpaired) electrons. The van der Waals surface area contributed by atoms with E-state index in [1.165, 1.54) is 9.08 Å². The molecule has 0 saturated carbocycles. The Balaban J connectivity index is 1.96. The summed E-state index contributed by atoms with van der Waals surface area (Å²) in [6.45, 7) is 0.386. The highest BCUT2D eigenvalue weighted by Crippen LogP contribution is 2.05. The smallest absolute Gasteiger partial charge is 0.350 e. The number of hydrogen-bond acceptors (Lipinski definition) is 5. The van der Waals surface area contributed by atoms with Crippen LogP contribution in [0.4, 0.5) is 5.82 Å². The van der Waals surface area contributed by atoms with Crippen LogP contribution in [0.3, 0.4) is 0 Å². The number of nitrogens with zero attached hydrogens (tertiary/aromatic N) is 5. The van der Waals surface area contributed by atoms with Crippen molar-refractivity contribution in [3.8, 4) is 0 Å². The van der Waals surface area contributed by atoms with E-state index in [4.69, 9.17) is 0 Å². The summed E-state index contributed by atoms with van der Waals surface area (Å²) in [5, 5.41) is 7.15. The standard InChI is InChI=1S/C12H12N6O/c1-13-10-3-2-9(6-15-10)8-18-12(19)17-5-4-14-7-11(17)16-18/h2-7H,8H2,1H3,(H,13,15). The second kappa shape index (κ2) is 4.52. The van der Waals surface area contributed by atoms with Crippen molar-refractivity contribution in [2.75, 3.05) is 12.4 Å².